The Bertz CT molecular complexity index is 474. The predicted octanol–water partition coefficient (Wildman–Crippen LogP) is 2.29. The highest BCUT2D eigenvalue weighted by molar-refractivity contribution is 6.01. The van der Waals surface area contributed by atoms with Crippen LogP contribution in [-0.4, -0.2) is 18.2 Å². The second kappa shape index (κ2) is 8.12. The van der Waals surface area contributed by atoms with Gasteiger partial charge in [0.15, 0.2) is 5.78 Å². The normalized spacial score (nSPS) is 17.1. The lowest BCUT2D eigenvalue weighted by atomic mass is 10.1. The van der Waals surface area contributed by atoms with Crippen molar-refractivity contribution in [2.45, 2.75) is 39.0 Å². The van der Waals surface area contributed by atoms with E-state index in [4.69, 9.17) is 15.3 Å². The molecule has 0 amide bonds. The van der Waals surface area contributed by atoms with E-state index in [1.54, 1.807) is 0 Å². The summed E-state index contributed by atoms with van der Waals surface area (Å²) < 4.78 is 4.88. The largest absolute Gasteiger partial charge is 0.500 e. The fraction of sp³-hybridized carbons (Fsp3) is 0.600. The third-order valence-corrected chi connectivity index (χ3v) is 2.99. The van der Waals surface area contributed by atoms with E-state index in [0.717, 1.165) is 25.7 Å². The molecule has 2 fully saturated rings. The van der Waals surface area contributed by atoms with Crippen molar-refractivity contribution in [2.24, 2.45) is 11.8 Å². The second-order valence-corrected chi connectivity index (χ2v) is 4.81. The number of carbonyl (C=O) groups excluding carboxylic acids is 2. The second-order valence-electron chi connectivity index (χ2n) is 4.81. The van der Waals surface area contributed by atoms with Gasteiger partial charge in [0.2, 0.25) is 0 Å². The first-order chi connectivity index (χ1) is 9.63. The van der Waals surface area contributed by atoms with E-state index >= 15 is 0 Å². The van der Waals surface area contributed by atoms with Crippen LogP contribution in [0, 0.1) is 34.5 Å². The smallest absolute Gasteiger partial charge is 0.179 e. The molecular weight excluding hydrogens is 256 g/mol. The summed E-state index contributed by atoms with van der Waals surface area (Å²) in [4.78, 5) is 21.9. The van der Waals surface area contributed by atoms with Gasteiger partial charge in [0.1, 0.15) is 23.7 Å². The maximum absolute atomic E-state index is 11.3. The summed E-state index contributed by atoms with van der Waals surface area (Å²) in [6.07, 6.45) is 5.25. The highest BCUT2D eigenvalue weighted by atomic mass is 16.5. The molecule has 106 valence electrons. The van der Waals surface area contributed by atoms with Crippen molar-refractivity contribution in [1.29, 1.82) is 10.5 Å². The molecule has 2 aliphatic rings. The van der Waals surface area contributed by atoms with E-state index in [2.05, 4.69) is 0 Å². The molecule has 2 aliphatic carbocycles. The fourth-order valence-corrected chi connectivity index (χ4v) is 1.50. The zero-order valence-electron chi connectivity index (χ0n) is 11.6. The molecule has 0 radical (unpaired) electrons. The van der Waals surface area contributed by atoms with Crippen LogP contribution in [-0.2, 0) is 14.3 Å². The SMILES string of the molecule is CCO/C=C(/C#N)C(=O)C1CC1.N#CCC(=O)C1CC1. The maximum atomic E-state index is 11.3. The molecule has 0 atom stereocenters. The van der Waals surface area contributed by atoms with E-state index in [-0.39, 0.29) is 35.4 Å². The van der Waals surface area contributed by atoms with Crippen LogP contribution in [0.1, 0.15) is 39.0 Å². The predicted molar refractivity (Wildman–Crippen MR) is 71.0 cm³/mol. The van der Waals surface area contributed by atoms with Crippen molar-refractivity contribution in [3.8, 4) is 12.1 Å². The van der Waals surface area contributed by atoms with Gasteiger partial charge in [-0.2, -0.15) is 10.5 Å². The summed E-state index contributed by atoms with van der Waals surface area (Å²) in [5.74, 6) is 0.421. The van der Waals surface area contributed by atoms with Gasteiger partial charge in [0.05, 0.1) is 19.1 Å². The molecule has 0 N–H and O–H groups in total. The monoisotopic (exact) mass is 274 g/mol. The van der Waals surface area contributed by atoms with E-state index in [1.807, 2.05) is 19.1 Å². The number of rotatable bonds is 6. The third-order valence-electron chi connectivity index (χ3n) is 2.99. The van der Waals surface area contributed by atoms with Gasteiger partial charge in [-0.3, -0.25) is 9.59 Å². The van der Waals surface area contributed by atoms with Gasteiger partial charge >= 0.3 is 0 Å². The number of carbonyl (C=O) groups is 2. The van der Waals surface area contributed by atoms with Crippen LogP contribution in [0.25, 0.3) is 0 Å². The van der Waals surface area contributed by atoms with E-state index < -0.39 is 0 Å². The van der Waals surface area contributed by atoms with E-state index in [0.29, 0.717) is 6.61 Å². The number of nitrogens with zero attached hydrogens (tertiary/aromatic N) is 2. The fourth-order valence-electron chi connectivity index (χ4n) is 1.50. The average molecular weight is 274 g/mol. The average Bonchev–Trinajstić information content (AvgIpc) is 3.33. The number of nitriles is 2. The molecule has 5 heteroatoms. The minimum atomic E-state index is -0.0639. The van der Waals surface area contributed by atoms with Crippen LogP contribution >= 0.6 is 0 Å². The Hall–Kier alpha value is -2.14. The Morgan fingerprint density at radius 3 is 2.20 bits per heavy atom. The first-order valence-corrected chi connectivity index (χ1v) is 6.79. The minimum absolute atomic E-state index is 0.0639. The first-order valence-electron chi connectivity index (χ1n) is 6.79. The number of hydrogen-bond acceptors (Lipinski definition) is 5. The van der Waals surface area contributed by atoms with Gasteiger partial charge < -0.3 is 4.74 Å². The van der Waals surface area contributed by atoms with Crippen molar-refractivity contribution in [3.63, 3.8) is 0 Å². The lowest BCUT2D eigenvalue weighted by molar-refractivity contribution is -0.119. The van der Waals surface area contributed by atoms with Gasteiger partial charge in [-0.25, -0.2) is 0 Å². The summed E-state index contributed by atoms with van der Waals surface area (Å²) in [5.41, 5.74) is 0.152. The van der Waals surface area contributed by atoms with Crippen LogP contribution < -0.4 is 0 Å². The van der Waals surface area contributed by atoms with Gasteiger partial charge in [0, 0.05) is 11.8 Å². The van der Waals surface area contributed by atoms with Crippen LogP contribution in [0.3, 0.4) is 0 Å². The Morgan fingerprint density at radius 1 is 1.20 bits per heavy atom. The van der Waals surface area contributed by atoms with Crippen LogP contribution in [0.4, 0.5) is 0 Å². The molecular formula is C15H18N2O3. The summed E-state index contributed by atoms with van der Waals surface area (Å²) in [6, 6.07) is 3.68. The van der Waals surface area contributed by atoms with Crippen LogP contribution in [0.2, 0.25) is 0 Å². The molecule has 0 unspecified atom stereocenters. The molecule has 0 bridgehead atoms. The molecule has 0 aromatic carbocycles. The Labute approximate surface area is 118 Å². The number of hydrogen-bond donors (Lipinski definition) is 0. The quantitative estimate of drug-likeness (QED) is 0.421. The van der Waals surface area contributed by atoms with Gasteiger partial charge in [-0.1, -0.05) is 0 Å². The molecule has 2 saturated carbocycles. The molecule has 5 nitrogen and oxygen atoms in total. The number of ketones is 2. The maximum Gasteiger partial charge on any atom is 0.179 e. The van der Waals surface area contributed by atoms with E-state index in [9.17, 15) is 9.59 Å². The standard InChI is InChI=1S/C9H11NO2.C6H7NO/c1-2-12-6-8(5-10)9(11)7-3-4-7;7-4-3-6(8)5-1-2-5/h6-7H,2-4H2,1H3;5H,1-3H2/b8-6-;. The third kappa shape index (κ3) is 5.67. The van der Waals surface area contributed by atoms with Crippen molar-refractivity contribution in [1.82, 2.24) is 0 Å². The number of Topliss-reactive ketones (excluding diaryl/α,β-unsaturated/α-hetero) is 2. The number of ether oxygens (including phenoxy) is 1. The molecule has 0 heterocycles. The lowest BCUT2D eigenvalue weighted by Gasteiger charge is -1.96. The van der Waals surface area contributed by atoms with Gasteiger partial charge in [-0.05, 0) is 32.6 Å². The highest BCUT2D eigenvalue weighted by Crippen LogP contribution is 2.32. The Balaban J connectivity index is 0.000000217. The molecule has 20 heavy (non-hydrogen) atoms. The summed E-state index contributed by atoms with van der Waals surface area (Å²) in [6.45, 7) is 2.30. The summed E-state index contributed by atoms with van der Waals surface area (Å²) in [5, 5.41) is 16.6. The van der Waals surface area contributed by atoms with Crippen molar-refractivity contribution in [3.05, 3.63) is 11.8 Å². The Kier molecular flexibility index (Phi) is 6.46. The minimum Gasteiger partial charge on any atom is -0.500 e. The van der Waals surface area contributed by atoms with Crippen molar-refractivity contribution in [2.75, 3.05) is 6.61 Å². The Morgan fingerprint density at radius 2 is 1.80 bits per heavy atom. The van der Waals surface area contributed by atoms with Gasteiger partial charge in [-0.15, -0.1) is 0 Å². The first kappa shape index (κ1) is 15.9. The number of allylic oxidation sites excluding steroid dienone is 1. The lowest BCUT2D eigenvalue weighted by Crippen LogP contribution is -2.03. The molecule has 2 rings (SSSR count). The molecule has 0 spiro atoms. The van der Waals surface area contributed by atoms with E-state index in [1.165, 1.54) is 6.26 Å². The van der Waals surface area contributed by atoms with Crippen molar-refractivity contribution >= 4 is 11.6 Å². The zero-order chi connectivity index (χ0) is 15.0. The van der Waals surface area contributed by atoms with Crippen molar-refractivity contribution < 1.29 is 14.3 Å². The molecule has 0 aliphatic heterocycles. The molecule has 0 aromatic rings. The summed E-state index contributed by atoms with van der Waals surface area (Å²) in [7, 11) is 0. The van der Waals surface area contributed by atoms with Crippen LogP contribution in [0.5, 0.6) is 0 Å². The van der Waals surface area contributed by atoms with Crippen LogP contribution in [0.15, 0.2) is 11.8 Å². The summed E-state index contributed by atoms with van der Waals surface area (Å²) >= 11 is 0. The van der Waals surface area contributed by atoms with Gasteiger partial charge in [0.25, 0.3) is 0 Å². The zero-order valence-corrected chi connectivity index (χ0v) is 11.6. The molecule has 0 aromatic heterocycles. The molecule has 0 saturated heterocycles. The highest BCUT2D eigenvalue weighted by Gasteiger charge is 2.32. The topological polar surface area (TPSA) is 90.9 Å².